The van der Waals surface area contributed by atoms with E-state index < -0.39 is 0 Å². The highest BCUT2D eigenvalue weighted by atomic mass is 35.5. The summed E-state index contributed by atoms with van der Waals surface area (Å²) in [6.07, 6.45) is 3.81. The van der Waals surface area contributed by atoms with Crippen LogP contribution in [0.1, 0.15) is 23.5 Å². The Morgan fingerprint density at radius 1 is 0.903 bits per heavy atom. The predicted molar refractivity (Wildman–Crippen MR) is 130 cm³/mol. The van der Waals surface area contributed by atoms with Crippen molar-refractivity contribution >= 4 is 46.2 Å². The minimum atomic E-state index is -0.133. The molecule has 0 amide bonds. The van der Waals surface area contributed by atoms with Crippen LogP contribution in [0.5, 0.6) is 0 Å². The van der Waals surface area contributed by atoms with Crippen LogP contribution in [0.4, 0.5) is 5.69 Å². The number of hydrogen-bond donors (Lipinski definition) is 1. The van der Waals surface area contributed by atoms with Gasteiger partial charge >= 0.3 is 0 Å². The van der Waals surface area contributed by atoms with Crippen LogP contribution in [0.25, 0.3) is 5.69 Å². The number of nitrogens with zero attached hydrogens (tertiary/aromatic N) is 3. The molecule has 0 radical (unpaired) electrons. The molecular formula is C24H18Cl2N4S. The molecule has 2 atom stereocenters. The Kier molecular flexibility index (Phi) is 5.40. The second-order valence-corrected chi connectivity index (χ2v) is 8.46. The van der Waals surface area contributed by atoms with Gasteiger partial charge in [-0.05, 0) is 66.8 Å². The van der Waals surface area contributed by atoms with Crippen molar-refractivity contribution in [3.05, 3.63) is 113 Å². The van der Waals surface area contributed by atoms with Gasteiger partial charge in [-0.1, -0.05) is 47.5 Å². The Bertz CT molecular complexity index is 1230. The van der Waals surface area contributed by atoms with Crippen molar-refractivity contribution in [2.24, 2.45) is 0 Å². The number of rotatable bonds is 4. The molecule has 154 valence electrons. The van der Waals surface area contributed by atoms with E-state index in [2.05, 4.69) is 38.0 Å². The van der Waals surface area contributed by atoms with Crippen molar-refractivity contribution in [3.63, 3.8) is 0 Å². The van der Waals surface area contributed by atoms with E-state index in [9.17, 15) is 0 Å². The van der Waals surface area contributed by atoms with Crippen LogP contribution in [-0.2, 0) is 0 Å². The van der Waals surface area contributed by atoms with Gasteiger partial charge in [0.25, 0.3) is 0 Å². The van der Waals surface area contributed by atoms with Crippen molar-refractivity contribution in [1.82, 2.24) is 14.9 Å². The van der Waals surface area contributed by atoms with E-state index in [1.807, 2.05) is 60.8 Å². The highest BCUT2D eigenvalue weighted by Crippen LogP contribution is 2.42. The second kappa shape index (κ2) is 8.35. The number of benzene rings is 2. The number of hydrogen-bond acceptors (Lipinski definition) is 2. The molecule has 7 heteroatoms. The molecule has 0 spiro atoms. The Morgan fingerprint density at radius 3 is 2.45 bits per heavy atom. The van der Waals surface area contributed by atoms with E-state index in [4.69, 9.17) is 35.4 Å². The maximum atomic E-state index is 6.56. The zero-order chi connectivity index (χ0) is 21.4. The molecule has 0 saturated carbocycles. The maximum absolute atomic E-state index is 6.56. The lowest BCUT2D eigenvalue weighted by molar-refractivity contribution is 0.549. The first-order valence-corrected chi connectivity index (χ1v) is 11.0. The molecule has 5 rings (SSSR count). The van der Waals surface area contributed by atoms with Gasteiger partial charge in [0.2, 0.25) is 0 Å². The van der Waals surface area contributed by atoms with Gasteiger partial charge in [0.1, 0.15) is 6.04 Å². The summed E-state index contributed by atoms with van der Waals surface area (Å²) in [4.78, 5) is 6.76. The number of thiocarbonyl (C=S) groups is 1. The molecule has 1 saturated heterocycles. The topological polar surface area (TPSA) is 33.1 Å². The summed E-state index contributed by atoms with van der Waals surface area (Å²) in [6, 6.07) is 25.4. The number of pyridine rings is 1. The fourth-order valence-electron chi connectivity index (χ4n) is 4.05. The van der Waals surface area contributed by atoms with Gasteiger partial charge in [0, 0.05) is 28.8 Å². The van der Waals surface area contributed by atoms with E-state index in [0.717, 1.165) is 22.8 Å². The van der Waals surface area contributed by atoms with E-state index in [1.54, 1.807) is 12.3 Å². The molecule has 0 bridgehead atoms. The van der Waals surface area contributed by atoms with Gasteiger partial charge in [-0.2, -0.15) is 0 Å². The SMILES string of the molecule is S=C1N[C@H](c2ccccn2)[C@@H](c2cccn2-c2ccc(Cl)cc2Cl)N1c1ccccc1. The van der Waals surface area contributed by atoms with Gasteiger partial charge in [-0.3, -0.25) is 4.98 Å². The third kappa shape index (κ3) is 3.69. The fraction of sp³-hybridized carbons (Fsp3) is 0.0833. The van der Waals surface area contributed by atoms with Gasteiger partial charge in [0.05, 0.1) is 22.4 Å². The average molecular weight is 465 g/mol. The summed E-state index contributed by atoms with van der Waals surface area (Å²) in [5.41, 5.74) is 3.83. The lowest BCUT2D eigenvalue weighted by Gasteiger charge is -2.29. The minimum absolute atomic E-state index is 0.131. The third-order valence-electron chi connectivity index (χ3n) is 5.39. The predicted octanol–water partition coefficient (Wildman–Crippen LogP) is 6.36. The van der Waals surface area contributed by atoms with Crippen LogP contribution in [-0.4, -0.2) is 14.7 Å². The van der Waals surface area contributed by atoms with Crippen molar-refractivity contribution in [2.45, 2.75) is 12.1 Å². The first-order valence-electron chi connectivity index (χ1n) is 9.82. The van der Waals surface area contributed by atoms with Crippen LogP contribution >= 0.6 is 35.4 Å². The maximum Gasteiger partial charge on any atom is 0.174 e. The molecular weight excluding hydrogens is 447 g/mol. The molecule has 1 fully saturated rings. The quantitative estimate of drug-likeness (QED) is 0.356. The van der Waals surface area contributed by atoms with Crippen LogP contribution in [0.2, 0.25) is 10.0 Å². The molecule has 31 heavy (non-hydrogen) atoms. The van der Waals surface area contributed by atoms with E-state index in [0.29, 0.717) is 15.2 Å². The Balaban J connectivity index is 1.68. The zero-order valence-corrected chi connectivity index (χ0v) is 18.6. The Labute approximate surface area is 196 Å². The monoisotopic (exact) mass is 464 g/mol. The van der Waals surface area contributed by atoms with Crippen molar-refractivity contribution in [3.8, 4) is 5.69 Å². The summed E-state index contributed by atoms with van der Waals surface area (Å²) in [5, 5.41) is 5.32. The number of aromatic nitrogens is 2. The van der Waals surface area contributed by atoms with Crippen LogP contribution in [0, 0.1) is 0 Å². The molecule has 4 nitrogen and oxygen atoms in total. The van der Waals surface area contributed by atoms with E-state index in [1.165, 1.54) is 0 Å². The van der Waals surface area contributed by atoms with E-state index in [-0.39, 0.29) is 12.1 Å². The van der Waals surface area contributed by atoms with Gasteiger partial charge in [-0.25, -0.2) is 0 Å². The molecule has 4 aromatic rings. The number of nitrogens with one attached hydrogen (secondary N) is 1. The third-order valence-corrected chi connectivity index (χ3v) is 6.24. The first-order chi connectivity index (χ1) is 15.1. The molecule has 0 aliphatic carbocycles. The Morgan fingerprint density at radius 2 is 1.71 bits per heavy atom. The summed E-state index contributed by atoms with van der Waals surface area (Å²) in [6.45, 7) is 0. The van der Waals surface area contributed by atoms with Crippen molar-refractivity contribution in [1.29, 1.82) is 0 Å². The lowest BCUT2D eigenvalue weighted by Crippen LogP contribution is -2.30. The largest absolute Gasteiger partial charge is 0.351 e. The highest BCUT2D eigenvalue weighted by molar-refractivity contribution is 7.80. The van der Waals surface area contributed by atoms with Crippen LogP contribution < -0.4 is 10.2 Å². The first kappa shape index (κ1) is 20.1. The summed E-state index contributed by atoms with van der Waals surface area (Å²) < 4.78 is 2.09. The second-order valence-electron chi connectivity index (χ2n) is 7.23. The molecule has 0 unspecified atom stereocenters. The standard InChI is InChI=1S/C24H18Cl2N4S/c25-16-11-12-20(18(26)15-16)29-14-6-10-21(29)23-22(19-9-4-5-13-27-19)28-24(31)30(23)17-7-2-1-3-8-17/h1-15,22-23H,(H,28,31)/t22-,23-/m1/s1. The van der Waals surface area contributed by atoms with Gasteiger partial charge < -0.3 is 14.8 Å². The van der Waals surface area contributed by atoms with Crippen molar-refractivity contribution < 1.29 is 0 Å². The number of para-hydroxylation sites is 1. The summed E-state index contributed by atoms with van der Waals surface area (Å²) >= 11 is 18.5. The zero-order valence-electron chi connectivity index (χ0n) is 16.3. The van der Waals surface area contributed by atoms with E-state index >= 15 is 0 Å². The minimum Gasteiger partial charge on any atom is -0.351 e. The van der Waals surface area contributed by atoms with Gasteiger partial charge in [-0.15, -0.1) is 0 Å². The highest BCUT2D eigenvalue weighted by Gasteiger charge is 2.42. The molecule has 1 aliphatic heterocycles. The molecule has 1 N–H and O–H groups in total. The molecule has 2 aromatic heterocycles. The number of halogens is 2. The normalized spacial score (nSPS) is 18.3. The molecule has 2 aromatic carbocycles. The Hall–Kier alpha value is -2.86. The lowest BCUT2D eigenvalue weighted by atomic mass is 10.0. The average Bonchev–Trinajstić information content (AvgIpc) is 3.39. The van der Waals surface area contributed by atoms with Gasteiger partial charge in [0.15, 0.2) is 5.11 Å². The molecule has 3 heterocycles. The van der Waals surface area contributed by atoms with Crippen LogP contribution in [0.15, 0.2) is 91.3 Å². The fourth-order valence-corrected chi connectivity index (χ4v) is 4.90. The van der Waals surface area contributed by atoms with Crippen LogP contribution in [0.3, 0.4) is 0 Å². The smallest absolute Gasteiger partial charge is 0.174 e. The molecule has 1 aliphatic rings. The summed E-state index contributed by atoms with van der Waals surface area (Å²) in [5.74, 6) is 0. The summed E-state index contributed by atoms with van der Waals surface area (Å²) in [7, 11) is 0. The number of anilines is 1. The van der Waals surface area contributed by atoms with Crippen molar-refractivity contribution in [2.75, 3.05) is 4.90 Å².